The number of thioether (sulfide) groups is 1. The number of aromatic amines is 1. The minimum atomic E-state index is -0.393. The largest absolute Gasteiger partial charge is 0.497 e. The zero-order chi connectivity index (χ0) is 21.8. The van der Waals surface area contributed by atoms with Crippen molar-refractivity contribution in [3.05, 3.63) is 54.4 Å². The van der Waals surface area contributed by atoms with Gasteiger partial charge >= 0.3 is 0 Å². The van der Waals surface area contributed by atoms with Gasteiger partial charge in [0.2, 0.25) is 11.8 Å². The second kappa shape index (κ2) is 9.43. The van der Waals surface area contributed by atoms with Crippen LogP contribution in [-0.4, -0.2) is 47.4 Å². The lowest BCUT2D eigenvalue weighted by Crippen LogP contribution is -2.36. The van der Waals surface area contributed by atoms with E-state index in [0.717, 1.165) is 40.5 Å². The molecule has 2 aromatic carbocycles. The van der Waals surface area contributed by atoms with Crippen molar-refractivity contribution in [3.8, 4) is 5.75 Å². The Morgan fingerprint density at radius 1 is 1.29 bits per heavy atom. The first kappa shape index (κ1) is 21.2. The number of rotatable bonds is 8. The van der Waals surface area contributed by atoms with Gasteiger partial charge in [0.25, 0.3) is 0 Å². The molecule has 0 aliphatic carbocycles. The summed E-state index contributed by atoms with van der Waals surface area (Å²) in [6.07, 6.45) is 3.00. The molecule has 1 aliphatic rings. The van der Waals surface area contributed by atoms with Crippen LogP contribution < -0.4 is 15.0 Å². The molecular weight excluding hydrogens is 412 g/mol. The molecule has 1 fully saturated rings. The summed E-state index contributed by atoms with van der Waals surface area (Å²) in [5.41, 5.74) is 2.60. The van der Waals surface area contributed by atoms with E-state index < -0.39 is 5.92 Å². The van der Waals surface area contributed by atoms with Gasteiger partial charge in [0.05, 0.1) is 30.1 Å². The molecule has 2 atom stereocenters. The van der Waals surface area contributed by atoms with E-state index in [4.69, 9.17) is 4.74 Å². The predicted octanol–water partition coefficient (Wildman–Crippen LogP) is 3.54. The molecule has 2 amide bonds. The maximum atomic E-state index is 13.1. The van der Waals surface area contributed by atoms with Gasteiger partial charge in [0.1, 0.15) is 11.6 Å². The third kappa shape index (κ3) is 4.69. The SMILES string of the molecule is COc1ccc(N2CC(C(=O)N[C@@H](CCSC)c3nc4ccccc4[nH]3)CC2=O)cc1. The number of aromatic nitrogens is 2. The molecule has 2 heterocycles. The standard InChI is InChI=1S/C23H26N4O3S/c1-30-17-9-7-16(8-10-17)27-14-15(13-21(27)28)23(29)26-20(11-12-31-2)22-24-18-5-3-4-6-19(18)25-22/h3-10,15,20H,11-14H2,1-2H3,(H,24,25)(H,26,29)/t15?,20-/m0/s1. The fourth-order valence-electron chi connectivity index (χ4n) is 3.83. The highest BCUT2D eigenvalue weighted by Crippen LogP contribution is 2.28. The van der Waals surface area contributed by atoms with Crippen molar-refractivity contribution in [2.75, 3.05) is 30.6 Å². The zero-order valence-corrected chi connectivity index (χ0v) is 18.4. The highest BCUT2D eigenvalue weighted by atomic mass is 32.2. The fourth-order valence-corrected chi connectivity index (χ4v) is 4.31. The first-order valence-corrected chi connectivity index (χ1v) is 11.7. The number of amides is 2. The molecule has 1 unspecified atom stereocenters. The summed E-state index contributed by atoms with van der Waals surface area (Å²) < 4.78 is 5.18. The van der Waals surface area contributed by atoms with E-state index in [2.05, 4.69) is 15.3 Å². The molecule has 1 saturated heterocycles. The first-order valence-electron chi connectivity index (χ1n) is 10.3. The molecular formula is C23H26N4O3S. The monoisotopic (exact) mass is 438 g/mol. The number of methoxy groups -OCH3 is 1. The van der Waals surface area contributed by atoms with Gasteiger partial charge in [-0.1, -0.05) is 12.1 Å². The molecule has 2 N–H and O–H groups in total. The van der Waals surface area contributed by atoms with Gasteiger partial charge in [0, 0.05) is 18.7 Å². The summed E-state index contributed by atoms with van der Waals surface area (Å²) in [6.45, 7) is 0.367. The summed E-state index contributed by atoms with van der Waals surface area (Å²) in [5, 5.41) is 3.14. The average Bonchev–Trinajstić information content (AvgIpc) is 3.40. The van der Waals surface area contributed by atoms with Crippen molar-refractivity contribution in [1.82, 2.24) is 15.3 Å². The van der Waals surface area contributed by atoms with Crippen LogP contribution in [0.25, 0.3) is 11.0 Å². The van der Waals surface area contributed by atoms with Crippen molar-refractivity contribution in [3.63, 3.8) is 0 Å². The number of anilines is 1. The topological polar surface area (TPSA) is 87.3 Å². The Morgan fingerprint density at radius 3 is 2.77 bits per heavy atom. The van der Waals surface area contributed by atoms with E-state index in [1.807, 2.05) is 54.8 Å². The number of hydrogen-bond donors (Lipinski definition) is 2. The Morgan fingerprint density at radius 2 is 2.06 bits per heavy atom. The molecule has 0 spiro atoms. The van der Waals surface area contributed by atoms with E-state index in [-0.39, 0.29) is 24.3 Å². The molecule has 3 aromatic rings. The lowest BCUT2D eigenvalue weighted by atomic mass is 10.1. The van der Waals surface area contributed by atoms with Gasteiger partial charge in [-0.05, 0) is 54.8 Å². The number of H-pyrrole nitrogens is 1. The molecule has 1 aromatic heterocycles. The van der Waals surface area contributed by atoms with Crippen molar-refractivity contribution >= 4 is 40.3 Å². The Bertz CT molecular complexity index is 1030. The highest BCUT2D eigenvalue weighted by Gasteiger charge is 2.36. The lowest BCUT2D eigenvalue weighted by molar-refractivity contribution is -0.127. The first-order chi connectivity index (χ1) is 15.1. The van der Waals surface area contributed by atoms with E-state index in [9.17, 15) is 9.59 Å². The van der Waals surface area contributed by atoms with Crippen LogP contribution in [-0.2, 0) is 9.59 Å². The maximum absolute atomic E-state index is 13.1. The van der Waals surface area contributed by atoms with Crippen LogP contribution in [0, 0.1) is 5.92 Å². The Hall–Kier alpha value is -3.00. The molecule has 8 heteroatoms. The molecule has 0 radical (unpaired) electrons. The molecule has 31 heavy (non-hydrogen) atoms. The van der Waals surface area contributed by atoms with Crippen molar-refractivity contribution in [1.29, 1.82) is 0 Å². The number of ether oxygens (including phenoxy) is 1. The number of para-hydroxylation sites is 2. The van der Waals surface area contributed by atoms with Crippen LogP contribution in [0.15, 0.2) is 48.5 Å². The van der Waals surface area contributed by atoms with Crippen LogP contribution in [0.4, 0.5) is 5.69 Å². The number of benzene rings is 2. The van der Waals surface area contributed by atoms with Gasteiger partial charge in [-0.3, -0.25) is 9.59 Å². The lowest BCUT2D eigenvalue weighted by Gasteiger charge is -2.20. The number of nitrogens with one attached hydrogen (secondary N) is 2. The summed E-state index contributed by atoms with van der Waals surface area (Å²) in [5.74, 6) is 1.82. The third-order valence-electron chi connectivity index (χ3n) is 5.54. The maximum Gasteiger partial charge on any atom is 0.227 e. The average molecular weight is 439 g/mol. The number of carbonyl (C=O) groups is 2. The van der Waals surface area contributed by atoms with Crippen molar-refractivity contribution in [2.24, 2.45) is 5.92 Å². The van der Waals surface area contributed by atoms with E-state index in [1.165, 1.54) is 0 Å². The second-order valence-electron chi connectivity index (χ2n) is 7.59. The van der Waals surface area contributed by atoms with Crippen LogP contribution in [0.5, 0.6) is 5.75 Å². The molecule has 0 bridgehead atoms. The Balaban J connectivity index is 1.47. The van der Waals surface area contributed by atoms with Crippen molar-refractivity contribution in [2.45, 2.75) is 18.9 Å². The number of imidazole rings is 1. The highest BCUT2D eigenvalue weighted by molar-refractivity contribution is 7.98. The predicted molar refractivity (Wildman–Crippen MR) is 123 cm³/mol. The van der Waals surface area contributed by atoms with Gasteiger partial charge in [-0.2, -0.15) is 11.8 Å². The van der Waals surface area contributed by atoms with Crippen molar-refractivity contribution < 1.29 is 14.3 Å². The Labute approximate surface area is 185 Å². The van der Waals surface area contributed by atoms with Gasteiger partial charge in [0.15, 0.2) is 0 Å². The second-order valence-corrected chi connectivity index (χ2v) is 8.57. The summed E-state index contributed by atoms with van der Waals surface area (Å²) >= 11 is 1.73. The zero-order valence-electron chi connectivity index (χ0n) is 17.6. The van der Waals surface area contributed by atoms with E-state index in [0.29, 0.717) is 6.54 Å². The van der Waals surface area contributed by atoms with Crippen LogP contribution in [0.1, 0.15) is 24.7 Å². The fraction of sp³-hybridized carbons (Fsp3) is 0.348. The normalized spacial score (nSPS) is 17.2. The number of hydrogen-bond acceptors (Lipinski definition) is 5. The van der Waals surface area contributed by atoms with E-state index >= 15 is 0 Å². The summed E-state index contributed by atoms with van der Waals surface area (Å²) in [4.78, 5) is 35.3. The summed E-state index contributed by atoms with van der Waals surface area (Å²) in [6, 6.07) is 14.9. The molecule has 162 valence electrons. The Kier molecular flexibility index (Phi) is 6.46. The van der Waals surface area contributed by atoms with Crippen LogP contribution in [0.2, 0.25) is 0 Å². The van der Waals surface area contributed by atoms with Crippen LogP contribution >= 0.6 is 11.8 Å². The smallest absolute Gasteiger partial charge is 0.227 e. The molecule has 7 nitrogen and oxygen atoms in total. The van der Waals surface area contributed by atoms with Gasteiger partial charge in [-0.15, -0.1) is 0 Å². The van der Waals surface area contributed by atoms with Crippen LogP contribution in [0.3, 0.4) is 0 Å². The minimum absolute atomic E-state index is 0.0466. The molecule has 1 aliphatic heterocycles. The number of nitrogens with zero attached hydrogens (tertiary/aromatic N) is 2. The molecule has 4 rings (SSSR count). The van der Waals surface area contributed by atoms with Gasteiger partial charge < -0.3 is 19.9 Å². The number of fused-ring (bicyclic) bond motifs is 1. The van der Waals surface area contributed by atoms with E-state index in [1.54, 1.807) is 23.8 Å². The minimum Gasteiger partial charge on any atom is -0.497 e. The summed E-state index contributed by atoms with van der Waals surface area (Å²) in [7, 11) is 1.60. The number of carbonyl (C=O) groups excluding carboxylic acids is 2. The van der Waals surface area contributed by atoms with Gasteiger partial charge in [-0.25, -0.2) is 4.98 Å². The molecule has 0 saturated carbocycles. The quantitative estimate of drug-likeness (QED) is 0.562. The third-order valence-corrected chi connectivity index (χ3v) is 6.19.